The quantitative estimate of drug-likeness (QED) is 0.778. The van der Waals surface area contributed by atoms with E-state index in [0.717, 1.165) is 0 Å². The fourth-order valence-electron chi connectivity index (χ4n) is 1.08. The van der Waals surface area contributed by atoms with E-state index in [1.54, 1.807) is 6.07 Å². The second-order valence-electron chi connectivity index (χ2n) is 2.64. The molecule has 0 aliphatic heterocycles. The maximum Gasteiger partial charge on any atom is 0.307 e. The van der Waals surface area contributed by atoms with Crippen molar-refractivity contribution in [1.29, 1.82) is 5.26 Å². The summed E-state index contributed by atoms with van der Waals surface area (Å²) in [5, 5.41) is 26.4. The third kappa shape index (κ3) is 2.15. The van der Waals surface area contributed by atoms with E-state index >= 15 is 0 Å². The third-order valence-electron chi connectivity index (χ3n) is 1.61. The fourth-order valence-corrected chi connectivity index (χ4v) is 1.35. The van der Waals surface area contributed by atoms with Gasteiger partial charge in [0.15, 0.2) is 0 Å². The molecule has 72 valence electrons. The molecule has 1 rings (SSSR count). The molecule has 4 nitrogen and oxygen atoms in total. The monoisotopic (exact) mass is 211 g/mol. The summed E-state index contributed by atoms with van der Waals surface area (Å²) in [6.45, 7) is 0. The number of nitriles is 1. The van der Waals surface area contributed by atoms with E-state index < -0.39 is 5.97 Å². The van der Waals surface area contributed by atoms with Crippen LogP contribution in [0.4, 0.5) is 0 Å². The molecule has 2 N–H and O–H groups in total. The summed E-state index contributed by atoms with van der Waals surface area (Å²) in [5.74, 6) is -1.23. The second kappa shape index (κ2) is 3.99. The predicted molar refractivity (Wildman–Crippen MR) is 49.2 cm³/mol. The lowest BCUT2D eigenvalue weighted by Gasteiger charge is -2.03. The molecular weight excluding hydrogens is 206 g/mol. The summed E-state index contributed by atoms with van der Waals surface area (Å²) in [4.78, 5) is 10.4. The van der Waals surface area contributed by atoms with Gasteiger partial charge in [0.25, 0.3) is 0 Å². The van der Waals surface area contributed by atoms with Crippen molar-refractivity contribution < 1.29 is 15.0 Å². The number of phenolic OH excluding ortho intramolecular Hbond substituents is 1. The molecule has 0 heterocycles. The summed E-state index contributed by atoms with van der Waals surface area (Å²) in [5.41, 5.74) is 0.303. The van der Waals surface area contributed by atoms with Crippen LogP contribution < -0.4 is 0 Å². The van der Waals surface area contributed by atoms with E-state index in [4.69, 9.17) is 27.1 Å². The number of hydrogen-bond donors (Lipinski definition) is 2. The van der Waals surface area contributed by atoms with Gasteiger partial charge in [0.05, 0.1) is 17.0 Å². The minimum atomic E-state index is -1.08. The van der Waals surface area contributed by atoms with Crippen molar-refractivity contribution >= 4 is 17.6 Å². The molecule has 1 aromatic rings. The van der Waals surface area contributed by atoms with E-state index in [1.165, 1.54) is 12.1 Å². The maximum atomic E-state index is 10.4. The first-order valence-electron chi connectivity index (χ1n) is 3.68. The first-order chi connectivity index (χ1) is 6.54. The average molecular weight is 212 g/mol. The molecule has 5 heteroatoms. The SMILES string of the molecule is N#Cc1c(Cl)cc(O)cc1CC(=O)O. The highest BCUT2D eigenvalue weighted by Gasteiger charge is 2.11. The molecule has 0 unspecified atom stereocenters. The fraction of sp³-hybridized carbons (Fsp3) is 0.111. The van der Waals surface area contributed by atoms with E-state index in [9.17, 15) is 4.79 Å². The van der Waals surface area contributed by atoms with Crippen molar-refractivity contribution in [2.75, 3.05) is 0 Å². The Balaban J connectivity index is 3.26. The van der Waals surface area contributed by atoms with Gasteiger partial charge in [-0.05, 0) is 17.7 Å². The van der Waals surface area contributed by atoms with Gasteiger partial charge in [-0.3, -0.25) is 4.79 Å². The largest absolute Gasteiger partial charge is 0.508 e. The minimum Gasteiger partial charge on any atom is -0.508 e. The van der Waals surface area contributed by atoms with Crippen LogP contribution in [0.3, 0.4) is 0 Å². The molecule has 0 aliphatic carbocycles. The van der Waals surface area contributed by atoms with Gasteiger partial charge in [0.2, 0.25) is 0 Å². The summed E-state index contributed by atoms with van der Waals surface area (Å²) < 4.78 is 0. The summed E-state index contributed by atoms with van der Waals surface area (Å²) in [7, 11) is 0. The molecular formula is C9H6ClNO3. The van der Waals surface area contributed by atoms with E-state index in [1.807, 2.05) is 0 Å². The number of halogens is 1. The molecule has 0 aliphatic rings. The number of aromatic hydroxyl groups is 1. The highest BCUT2D eigenvalue weighted by molar-refractivity contribution is 6.32. The van der Waals surface area contributed by atoms with E-state index in [-0.39, 0.29) is 28.3 Å². The molecule has 14 heavy (non-hydrogen) atoms. The highest BCUT2D eigenvalue weighted by Crippen LogP contribution is 2.25. The topological polar surface area (TPSA) is 81.3 Å². The van der Waals surface area contributed by atoms with E-state index in [2.05, 4.69) is 0 Å². The Morgan fingerprint density at radius 3 is 2.71 bits per heavy atom. The summed E-state index contributed by atoms with van der Waals surface area (Å²) in [6, 6.07) is 4.21. The van der Waals surface area contributed by atoms with Crippen molar-refractivity contribution in [2.45, 2.75) is 6.42 Å². The van der Waals surface area contributed by atoms with Crippen LogP contribution in [0.15, 0.2) is 12.1 Å². The first-order valence-corrected chi connectivity index (χ1v) is 4.05. The van der Waals surface area contributed by atoms with Crippen molar-refractivity contribution in [3.05, 3.63) is 28.3 Å². The van der Waals surface area contributed by atoms with Gasteiger partial charge >= 0.3 is 5.97 Å². The number of carbonyl (C=O) groups is 1. The van der Waals surface area contributed by atoms with Gasteiger partial charge in [-0.15, -0.1) is 0 Å². The lowest BCUT2D eigenvalue weighted by Crippen LogP contribution is -2.02. The zero-order valence-corrected chi connectivity index (χ0v) is 7.75. The molecule has 0 bridgehead atoms. The van der Waals surface area contributed by atoms with Crippen LogP contribution in [0, 0.1) is 11.3 Å². The Morgan fingerprint density at radius 2 is 2.21 bits per heavy atom. The molecule has 0 saturated carbocycles. The van der Waals surface area contributed by atoms with E-state index in [0.29, 0.717) is 0 Å². The molecule has 0 radical (unpaired) electrons. The van der Waals surface area contributed by atoms with Crippen LogP contribution in [0.25, 0.3) is 0 Å². The van der Waals surface area contributed by atoms with Crippen LogP contribution in [0.2, 0.25) is 5.02 Å². The zero-order chi connectivity index (χ0) is 10.7. The summed E-state index contributed by atoms with van der Waals surface area (Å²) >= 11 is 5.64. The normalized spacial score (nSPS) is 9.43. The number of carboxylic acid groups (broad SMARTS) is 1. The Hall–Kier alpha value is -1.73. The van der Waals surface area contributed by atoms with Crippen LogP contribution in [0.1, 0.15) is 11.1 Å². The number of benzene rings is 1. The molecule has 0 fully saturated rings. The van der Waals surface area contributed by atoms with Crippen LogP contribution in [0.5, 0.6) is 5.75 Å². The third-order valence-corrected chi connectivity index (χ3v) is 1.91. The lowest BCUT2D eigenvalue weighted by molar-refractivity contribution is -0.136. The number of rotatable bonds is 2. The number of aliphatic carboxylic acids is 1. The van der Waals surface area contributed by atoms with Crippen molar-refractivity contribution in [2.24, 2.45) is 0 Å². The van der Waals surface area contributed by atoms with Crippen LogP contribution >= 0.6 is 11.6 Å². The summed E-state index contributed by atoms with van der Waals surface area (Å²) in [6.07, 6.45) is -0.336. The van der Waals surface area contributed by atoms with Gasteiger partial charge < -0.3 is 10.2 Å². The molecule has 0 saturated heterocycles. The lowest BCUT2D eigenvalue weighted by atomic mass is 10.1. The standard InChI is InChI=1S/C9H6ClNO3/c10-8-3-6(12)1-5(2-9(13)14)7(8)4-11/h1,3,12H,2H2,(H,13,14). The van der Waals surface area contributed by atoms with Gasteiger partial charge in [0.1, 0.15) is 11.8 Å². The molecule has 0 amide bonds. The van der Waals surface area contributed by atoms with Crippen LogP contribution in [-0.2, 0) is 11.2 Å². The Bertz CT molecular complexity index is 423. The molecule has 0 atom stereocenters. The maximum absolute atomic E-state index is 10.4. The molecule has 0 spiro atoms. The second-order valence-corrected chi connectivity index (χ2v) is 3.05. The predicted octanol–water partition coefficient (Wildman–Crippen LogP) is 1.54. The smallest absolute Gasteiger partial charge is 0.307 e. The van der Waals surface area contributed by atoms with Gasteiger partial charge in [-0.1, -0.05) is 11.6 Å². The van der Waals surface area contributed by atoms with Crippen molar-refractivity contribution in [3.8, 4) is 11.8 Å². The zero-order valence-electron chi connectivity index (χ0n) is 6.99. The Morgan fingerprint density at radius 1 is 1.57 bits per heavy atom. The Labute approximate surface area is 85.0 Å². The van der Waals surface area contributed by atoms with Gasteiger partial charge in [-0.25, -0.2) is 0 Å². The van der Waals surface area contributed by atoms with Crippen molar-refractivity contribution in [3.63, 3.8) is 0 Å². The van der Waals surface area contributed by atoms with Crippen LogP contribution in [-0.4, -0.2) is 16.2 Å². The number of hydrogen-bond acceptors (Lipinski definition) is 3. The first kappa shape index (κ1) is 10.4. The Kier molecular flexibility index (Phi) is 2.95. The van der Waals surface area contributed by atoms with Crippen molar-refractivity contribution in [1.82, 2.24) is 0 Å². The number of phenols is 1. The minimum absolute atomic E-state index is 0.0590. The molecule has 0 aromatic heterocycles. The number of carboxylic acids is 1. The highest BCUT2D eigenvalue weighted by atomic mass is 35.5. The van der Waals surface area contributed by atoms with Gasteiger partial charge in [-0.2, -0.15) is 5.26 Å². The average Bonchev–Trinajstić information content (AvgIpc) is 2.01. The number of nitrogens with zero attached hydrogens (tertiary/aromatic N) is 1. The van der Waals surface area contributed by atoms with Gasteiger partial charge in [0, 0.05) is 0 Å². The molecule has 1 aromatic carbocycles.